The number of hydrogen-bond acceptors (Lipinski definition) is 4. The monoisotopic (exact) mass is 316 g/mol. The first-order chi connectivity index (χ1) is 9.74. The van der Waals surface area contributed by atoms with Crippen molar-refractivity contribution in [3.63, 3.8) is 0 Å². The molecule has 0 fully saturated rings. The summed E-state index contributed by atoms with van der Waals surface area (Å²) in [6, 6.07) is 2.41. The third-order valence-corrected chi connectivity index (χ3v) is 4.49. The zero-order valence-corrected chi connectivity index (χ0v) is 12.2. The fourth-order valence-electron chi connectivity index (χ4n) is 2.12. The summed E-state index contributed by atoms with van der Waals surface area (Å²) in [6.07, 6.45) is 0. The van der Waals surface area contributed by atoms with Gasteiger partial charge in [0.1, 0.15) is 28.1 Å². The molecule has 0 aliphatic carbocycles. The summed E-state index contributed by atoms with van der Waals surface area (Å²) in [5.74, 6) is -1.21. The van der Waals surface area contributed by atoms with Gasteiger partial charge in [-0.1, -0.05) is 0 Å². The van der Waals surface area contributed by atoms with E-state index in [1.54, 1.807) is 6.92 Å². The average Bonchev–Trinajstić information content (AvgIpc) is 2.61. The normalized spacial score (nSPS) is 11.7. The lowest BCUT2D eigenvalue weighted by Crippen LogP contribution is -2.16. The summed E-state index contributed by atoms with van der Waals surface area (Å²) in [5.41, 5.74) is 5.65. The second kappa shape index (κ2) is 5.45. The van der Waals surface area contributed by atoms with Crippen LogP contribution in [0.5, 0.6) is 0 Å². The number of aryl methyl sites for hydroxylation is 2. The molecular weight excluding hydrogens is 302 g/mol. The van der Waals surface area contributed by atoms with Gasteiger partial charge in [-0.25, -0.2) is 17.2 Å². The number of nitrogens with two attached hydrogens (primary N) is 1. The van der Waals surface area contributed by atoms with Crippen LogP contribution in [0.4, 0.5) is 14.5 Å². The van der Waals surface area contributed by atoms with E-state index in [1.807, 2.05) is 0 Å². The van der Waals surface area contributed by atoms with Crippen molar-refractivity contribution in [2.75, 3.05) is 4.72 Å². The number of benzene rings is 1. The summed E-state index contributed by atoms with van der Waals surface area (Å²) in [5, 5.41) is 0. The molecule has 21 heavy (non-hydrogen) atoms. The maximum absolute atomic E-state index is 13.1. The number of furan rings is 1. The van der Waals surface area contributed by atoms with Crippen LogP contribution >= 0.6 is 0 Å². The van der Waals surface area contributed by atoms with Crippen molar-refractivity contribution in [1.29, 1.82) is 0 Å². The van der Waals surface area contributed by atoms with Crippen LogP contribution in [0, 0.1) is 25.5 Å². The molecule has 3 N–H and O–H groups in total. The van der Waals surface area contributed by atoms with Gasteiger partial charge in [-0.15, -0.1) is 0 Å². The summed E-state index contributed by atoms with van der Waals surface area (Å²) >= 11 is 0. The van der Waals surface area contributed by atoms with Crippen LogP contribution in [0.15, 0.2) is 27.5 Å². The van der Waals surface area contributed by atoms with Gasteiger partial charge in [-0.05, 0) is 26.0 Å². The standard InChI is InChI=1S/C13H14F2N2O3S/c1-7-12(6-16)13(8(2)20-7)21(18,19)17-11-4-9(14)3-10(15)5-11/h3-5,17H,6,16H2,1-2H3. The van der Waals surface area contributed by atoms with E-state index < -0.39 is 21.7 Å². The highest BCUT2D eigenvalue weighted by atomic mass is 32.2. The van der Waals surface area contributed by atoms with Gasteiger partial charge in [-0.2, -0.15) is 0 Å². The Morgan fingerprint density at radius 3 is 2.24 bits per heavy atom. The van der Waals surface area contributed by atoms with Crippen LogP contribution in [-0.2, 0) is 16.6 Å². The number of rotatable bonds is 4. The quantitative estimate of drug-likeness (QED) is 0.907. The molecule has 2 aromatic rings. The molecule has 8 heteroatoms. The van der Waals surface area contributed by atoms with E-state index in [2.05, 4.69) is 4.72 Å². The molecule has 0 saturated carbocycles. The summed E-state index contributed by atoms with van der Waals surface area (Å²) in [6.45, 7) is 3.04. The van der Waals surface area contributed by atoms with E-state index in [0.29, 0.717) is 17.4 Å². The van der Waals surface area contributed by atoms with Gasteiger partial charge in [0.2, 0.25) is 0 Å². The van der Waals surface area contributed by atoms with Crippen LogP contribution in [0.2, 0.25) is 0 Å². The average molecular weight is 316 g/mol. The molecule has 0 amide bonds. The lowest BCUT2D eigenvalue weighted by atomic mass is 10.2. The fraction of sp³-hybridized carbons (Fsp3) is 0.231. The molecule has 1 heterocycles. The summed E-state index contributed by atoms with van der Waals surface area (Å²) in [4.78, 5) is -0.104. The first kappa shape index (κ1) is 15.5. The van der Waals surface area contributed by atoms with E-state index in [0.717, 1.165) is 12.1 Å². The summed E-state index contributed by atoms with van der Waals surface area (Å²) < 4.78 is 58.4. The highest BCUT2D eigenvalue weighted by Gasteiger charge is 2.26. The second-order valence-electron chi connectivity index (χ2n) is 4.49. The van der Waals surface area contributed by atoms with Crippen molar-refractivity contribution in [2.45, 2.75) is 25.3 Å². The van der Waals surface area contributed by atoms with Gasteiger partial charge >= 0.3 is 0 Å². The predicted molar refractivity (Wildman–Crippen MR) is 73.2 cm³/mol. The fourth-order valence-corrected chi connectivity index (χ4v) is 3.62. The minimum atomic E-state index is -4.06. The minimum absolute atomic E-state index is 0.0308. The Hall–Kier alpha value is -1.93. The van der Waals surface area contributed by atoms with Crippen LogP contribution in [0.25, 0.3) is 0 Å². The Kier molecular flexibility index (Phi) is 4.02. The third-order valence-electron chi connectivity index (χ3n) is 2.91. The number of halogens is 2. The van der Waals surface area contributed by atoms with E-state index in [9.17, 15) is 17.2 Å². The number of anilines is 1. The highest BCUT2D eigenvalue weighted by molar-refractivity contribution is 7.92. The lowest BCUT2D eigenvalue weighted by molar-refractivity contribution is 0.494. The van der Waals surface area contributed by atoms with Crippen molar-refractivity contribution in [1.82, 2.24) is 0 Å². The van der Waals surface area contributed by atoms with Gasteiger partial charge in [0, 0.05) is 18.2 Å². The predicted octanol–water partition coefficient (Wildman–Crippen LogP) is 2.43. The first-order valence-corrected chi connectivity index (χ1v) is 7.50. The second-order valence-corrected chi connectivity index (χ2v) is 6.11. The molecular formula is C13H14F2N2O3S. The lowest BCUT2D eigenvalue weighted by Gasteiger charge is -2.09. The van der Waals surface area contributed by atoms with Crippen molar-refractivity contribution in [3.05, 3.63) is 46.9 Å². The molecule has 0 spiro atoms. The van der Waals surface area contributed by atoms with Crippen LogP contribution in [0.1, 0.15) is 17.1 Å². The molecule has 0 aliphatic rings. The Labute approximate surface area is 120 Å². The molecule has 0 atom stereocenters. The molecule has 1 aromatic carbocycles. The SMILES string of the molecule is Cc1oc(C)c(S(=O)(=O)Nc2cc(F)cc(F)c2)c1CN. The van der Waals surface area contributed by atoms with E-state index in [1.165, 1.54) is 6.92 Å². The molecule has 0 saturated heterocycles. The number of hydrogen-bond donors (Lipinski definition) is 2. The van der Waals surface area contributed by atoms with Gasteiger partial charge in [0.15, 0.2) is 0 Å². The molecule has 0 bridgehead atoms. The van der Waals surface area contributed by atoms with E-state index >= 15 is 0 Å². The summed E-state index contributed by atoms with van der Waals surface area (Å²) in [7, 11) is -4.06. The Bertz CT molecular complexity index is 765. The largest absolute Gasteiger partial charge is 0.465 e. The van der Waals surface area contributed by atoms with Gasteiger partial charge in [0.05, 0.1) is 5.69 Å². The maximum atomic E-state index is 13.1. The highest BCUT2D eigenvalue weighted by Crippen LogP contribution is 2.28. The molecule has 2 rings (SSSR count). The van der Waals surface area contributed by atoms with Crippen molar-refractivity contribution >= 4 is 15.7 Å². The molecule has 0 unspecified atom stereocenters. The van der Waals surface area contributed by atoms with E-state index in [4.69, 9.17) is 10.2 Å². The molecule has 1 aromatic heterocycles. The first-order valence-electron chi connectivity index (χ1n) is 6.02. The van der Waals surface area contributed by atoms with Crippen LogP contribution < -0.4 is 10.5 Å². The zero-order chi connectivity index (χ0) is 15.8. The molecule has 0 aliphatic heterocycles. The maximum Gasteiger partial charge on any atom is 0.265 e. The van der Waals surface area contributed by atoms with Crippen molar-refractivity contribution in [2.24, 2.45) is 5.73 Å². The minimum Gasteiger partial charge on any atom is -0.465 e. The Balaban J connectivity index is 2.48. The smallest absolute Gasteiger partial charge is 0.265 e. The zero-order valence-electron chi connectivity index (χ0n) is 11.4. The third kappa shape index (κ3) is 3.06. The van der Waals surface area contributed by atoms with Crippen molar-refractivity contribution < 1.29 is 21.6 Å². The molecule has 0 radical (unpaired) electrons. The molecule has 114 valence electrons. The molecule has 5 nitrogen and oxygen atoms in total. The number of sulfonamides is 1. The van der Waals surface area contributed by atoms with Crippen LogP contribution in [-0.4, -0.2) is 8.42 Å². The van der Waals surface area contributed by atoms with Crippen molar-refractivity contribution in [3.8, 4) is 0 Å². The van der Waals surface area contributed by atoms with E-state index in [-0.39, 0.29) is 22.9 Å². The Morgan fingerprint density at radius 1 is 1.14 bits per heavy atom. The Morgan fingerprint density at radius 2 is 1.71 bits per heavy atom. The van der Waals surface area contributed by atoms with Gasteiger partial charge in [0.25, 0.3) is 10.0 Å². The topological polar surface area (TPSA) is 85.3 Å². The van der Waals surface area contributed by atoms with Gasteiger partial charge in [-0.3, -0.25) is 4.72 Å². The van der Waals surface area contributed by atoms with Gasteiger partial charge < -0.3 is 10.2 Å². The number of nitrogens with one attached hydrogen (secondary N) is 1. The van der Waals surface area contributed by atoms with Crippen LogP contribution in [0.3, 0.4) is 0 Å².